The Morgan fingerprint density at radius 1 is 1.32 bits per heavy atom. The van der Waals surface area contributed by atoms with Crippen molar-refractivity contribution in [3.63, 3.8) is 0 Å². The first-order valence-corrected chi connectivity index (χ1v) is 7.51. The zero-order valence-corrected chi connectivity index (χ0v) is 13.6. The molecule has 0 bridgehead atoms. The SMILES string of the molecule is Cc1cc(C(=O)N(C)Cc2snnc2C)c2c(C)noc2n1. The zero-order valence-electron chi connectivity index (χ0n) is 12.7. The fraction of sp³-hybridized carbons (Fsp3) is 0.357. The van der Waals surface area contributed by atoms with E-state index in [1.165, 1.54) is 11.5 Å². The van der Waals surface area contributed by atoms with Crippen molar-refractivity contribution in [1.29, 1.82) is 0 Å². The number of nitrogens with zero attached hydrogens (tertiary/aromatic N) is 5. The fourth-order valence-corrected chi connectivity index (χ4v) is 2.96. The Bertz CT molecular complexity index is 854. The van der Waals surface area contributed by atoms with Crippen LogP contribution < -0.4 is 0 Å². The number of aromatic nitrogens is 4. The summed E-state index contributed by atoms with van der Waals surface area (Å²) in [6.07, 6.45) is 0. The maximum absolute atomic E-state index is 12.8. The highest BCUT2D eigenvalue weighted by Gasteiger charge is 2.21. The maximum Gasteiger partial charge on any atom is 0.258 e. The Kier molecular flexibility index (Phi) is 3.61. The van der Waals surface area contributed by atoms with Crippen LogP contribution in [0.2, 0.25) is 0 Å². The minimum atomic E-state index is -0.102. The molecule has 0 saturated heterocycles. The molecule has 114 valence electrons. The molecule has 22 heavy (non-hydrogen) atoms. The van der Waals surface area contributed by atoms with E-state index in [0.717, 1.165) is 16.3 Å². The van der Waals surface area contributed by atoms with Gasteiger partial charge in [0, 0.05) is 12.7 Å². The largest absolute Gasteiger partial charge is 0.336 e. The van der Waals surface area contributed by atoms with Crippen LogP contribution in [-0.4, -0.2) is 37.6 Å². The highest BCUT2D eigenvalue weighted by molar-refractivity contribution is 7.05. The van der Waals surface area contributed by atoms with Gasteiger partial charge in [-0.05, 0) is 38.4 Å². The number of hydrogen-bond acceptors (Lipinski definition) is 7. The summed E-state index contributed by atoms with van der Waals surface area (Å²) in [7, 11) is 1.76. The van der Waals surface area contributed by atoms with Crippen LogP contribution in [0.4, 0.5) is 0 Å². The summed E-state index contributed by atoms with van der Waals surface area (Å²) in [4.78, 5) is 19.7. The lowest BCUT2D eigenvalue weighted by atomic mass is 10.1. The number of fused-ring (bicyclic) bond motifs is 1. The van der Waals surface area contributed by atoms with Crippen molar-refractivity contribution in [3.8, 4) is 0 Å². The molecule has 7 nitrogen and oxygen atoms in total. The van der Waals surface area contributed by atoms with E-state index in [2.05, 4.69) is 19.7 Å². The van der Waals surface area contributed by atoms with Crippen LogP contribution in [0.1, 0.15) is 32.3 Å². The van der Waals surface area contributed by atoms with Gasteiger partial charge in [-0.15, -0.1) is 5.10 Å². The Balaban J connectivity index is 1.98. The number of amides is 1. The second-order valence-corrected chi connectivity index (χ2v) is 6.04. The summed E-state index contributed by atoms with van der Waals surface area (Å²) in [6, 6.07) is 1.77. The van der Waals surface area contributed by atoms with Crippen molar-refractivity contribution in [2.45, 2.75) is 27.3 Å². The molecule has 0 radical (unpaired) electrons. The van der Waals surface area contributed by atoms with E-state index in [0.29, 0.717) is 28.9 Å². The topological polar surface area (TPSA) is 85.0 Å². The molecule has 0 aliphatic heterocycles. The average molecular weight is 317 g/mol. The monoisotopic (exact) mass is 317 g/mol. The number of aryl methyl sites for hydroxylation is 3. The van der Waals surface area contributed by atoms with Crippen LogP contribution in [0, 0.1) is 20.8 Å². The lowest BCUT2D eigenvalue weighted by molar-refractivity contribution is 0.0788. The summed E-state index contributed by atoms with van der Waals surface area (Å²) < 4.78 is 9.07. The van der Waals surface area contributed by atoms with Crippen molar-refractivity contribution in [1.82, 2.24) is 24.6 Å². The molecule has 1 amide bonds. The first-order chi connectivity index (χ1) is 10.5. The van der Waals surface area contributed by atoms with Gasteiger partial charge in [-0.2, -0.15) is 0 Å². The van der Waals surface area contributed by atoms with Crippen molar-refractivity contribution in [2.75, 3.05) is 7.05 Å². The van der Waals surface area contributed by atoms with Crippen LogP contribution in [0.5, 0.6) is 0 Å². The third-order valence-electron chi connectivity index (χ3n) is 3.45. The molecule has 0 N–H and O–H groups in total. The summed E-state index contributed by atoms with van der Waals surface area (Å²) in [5, 5.41) is 8.54. The normalized spacial score (nSPS) is 11.1. The molecular formula is C14H15N5O2S. The van der Waals surface area contributed by atoms with Gasteiger partial charge in [0.25, 0.3) is 11.6 Å². The van der Waals surface area contributed by atoms with E-state index in [1.54, 1.807) is 24.9 Å². The standard InChI is InChI=1S/C14H15N5O2S/c1-7-5-10(12-9(3)17-21-13(12)15-7)14(20)19(4)6-11-8(2)16-18-22-11/h5H,6H2,1-4H3. The van der Waals surface area contributed by atoms with Gasteiger partial charge in [0.1, 0.15) is 0 Å². The third-order valence-corrected chi connectivity index (χ3v) is 4.26. The molecule has 0 spiro atoms. The number of pyridine rings is 1. The predicted octanol–water partition coefficient (Wildman–Crippen LogP) is 2.27. The maximum atomic E-state index is 12.8. The molecular weight excluding hydrogens is 302 g/mol. The van der Waals surface area contributed by atoms with E-state index >= 15 is 0 Å². The van der Waals surface area contributed by atoms with Crippen LogP contribution in [0.3, 0.4) is 0 Å². The van der Waals surface area contributed by atoms with Gasteiger partial charge in [-0.1, -0.05) is 9.64 Å². The molecule has 3 aromatic rings. The van der Waals surface area contributed by atoms with Crippen LogP contribution >= 0.6 is 11.5 Å². The van der Waals surface area contributed by atoms with E-state index in [4.69, 9.17) is 4.52 Å². The number of carbonyl (C=O) groups excluding carboxylic acids is 1. The molecule has 8 heteroatoms. The summed E-state index contributed by atoms with van der Waals surface area (Å²) in [6.45, 7) is 5.98. The predicted molar refractivity (Wildman–Crippen MR) is 81.7 cm³/mol. The minimum absolute atomic E-state index is 0.102. The zero-order chi connectivity index (χ0) is 15.9. The van der Waals surface area contributed by atoms with Crippen LogP contribution in [0.15, 0.2) is 10.6 Å². The molecule has 0 aliphatic carbocycles. The van der Waals surface area contributed by atoms with Gasteiger partial charge >= 0.3 is 0 Å². The van der Waals surface area contributed by atoms with Crippen molar-refractivity contribution in [2.24, 2.45) is 0 Å². The number of carbonyl (C=O) groups is 1. The number of hydrogen-bond donors (Lipinski definition) is 0. The Morgan fingerprint density at radius 3 is 2.77 bits per heavy atom. The second-order valence-electron chi connectivity index (χ2n) is 5.20. The summed E-state index contributed by atoms with van der Waals surface area (Å²) in [5.74, 6) is -0.102. The molecule has 0 atom stereocenters. The van der Waals surface area contributed by atoms with Gasteiger partial charge < -0.3 is 9.42 Å². The van der Waals surface area contributed by atoms with Gasteiger partial charge in [0.15, 0.2) is 0 Å². The minimum Gasteiger partial charge on any atom is -0.336 e. The third kappa shape index (κ3) is 2.45. The quantitative estimate of drug-likeness (QED) is 0.736. The van der Waals surface area contributed by atoms with Crippen LogP contribution in [-0.2, 0) is 6.54 Å². The molecule has 0 unspecified atom stereocenters. The van der Waals surface area contributed by atoms with E-state index in [1.807, 2.05) is 13.8 Å². The van der Waals surface area contributed by atoms with Crippen LogP contribution in [0.25, 0.3) is 11.1 Å². The van der Waals surface area contributed by atoms with Gasteiger partial charge in [-0.3, -0.25) is 4.79 Å². The smallest absolute Gasteiger partial charge is 0.258 e. The highest BCUT2D eigenvalue weighted by atomic mass is 32.1. The Hall–Kier alpha value is -2.35. The fourth-order valence-electron chi connectivity index (χ4n) is 2.28. The first kappa shape index (κ1) is 14.6. The van der Waals surface area contributed by atoms with Gasteiger partial charge in [0.2, 0.25) is 0 Å². The second kappa shape index (κ2) is 5.45. The van der Waals surface area contributed by atoms with Gasteiger partial charge in [0.05, 0.1) is 33.8 Å². The summed E-state index contributed by atoms with van der Waals surface area (Å²) in [5.41, 5.74) is 3.18. The van der Waals surface area contributed by atoms with E-state index in [-0.39, 0.29) is 5.91 Å². The molecule has 0 aliphatic rings. The molecule has 0 saturated carbocycles. The first-order valence-electron chi connectivity index (χ1n) is 6.74. The van der Waals surface area contributed by atoms with Crippen molar-refractivity contribution in [3.05, 3.63) is 33.6 Å². The average Bonchev–Trinajstić information content (AvgIpc) is 3.04. The van der Waals surface area contributed by atoms with E-state index < -0.39 is 0 Å². The molecule has 3 aromatic heterocycles. The molecule has 0 fully saturated rings. The van der Waals surface area contributed by atoms with Crippen molar-refractivity contribution >= 4 is 28.5 Å². The van der Waals surface area contributed by atoms with Gasteiger partial charge in [-0.25, -0.2) is 4.98 Å². The number of rotatable bonds is 3. The summed E-state index contributed by atoms with van der Waals surface area (Å²) >= 11 is 1.30. The Labute approximate surface area is 131 Å². The molecule has 0 aromatic carbocycles. The van der Waals surface area contributed by atoms with Crippen molar-refractivity contribution < 1.29 is 9.32 Å². The Morgan fingerprint density at radius 2 is 2.09 bits per heavy atom. The molecule has 3 rings (SSSR count). The lowest BCUT2D eigenvalue weighted by Crippen LogP contribution is -2.26. The lowest BCUT2D eigenvalue weighted by Gasteiger charge is -2.17. The highest BCUT2D eigenvalue weighted by Crippen LogP contribution is 2.23. The molecule has 3 heterocycles. The van der Waals surface area contributed by atoms with E-state index in [9.17, 15) is 4.79 Å².